The lowest BCUT2D eigenvalue weighted by Gasteiger charge is -2.25. The van der Waals surface area contributed by atoms with Gasteiger partial charge in [0.05, 0.1) is 11.7 Å². The fourth-order valence-corrected chi connectivity index (χ4v) is 2.30. The Morgan fingerprint density at radius 2 is 1.94 bits per heavy atom. The van der Waals surface area contributed by atoms with Crippen LogP contribution >= 0.6 is 0 Å². The van der Waals surface area contributed by atoms with Gasteiger partial charge in [-0.15, -0.1) is 0 Å². The molecule has 2 atom stereocenters. The van der Waals surface area contributed by atoms with Crippen molar-refractivity contribution in [2.75, 3.05) is 6.54 Å². The summed E-state index contributed by atoms with van der Waals surface area (Å²) in [5.41, 5.74) is -1.09. The molecule has 0 radical (unpaired) electrons. The average Bonchev–Trinajstić information content (AvgIpc) is 2.12. The summed E-state index contributed by atoms with van der Waals surface area (Å²) in [4.78, 5) is 0. The molecule has 0 aromatic carbocycles. The predicted molar refractivity (Wildman–Crippen MR) is 62.1 cm³/mol. The van der Waals surface area contributed by atoms with Gasteiger partial charge in [0, 0.05) is 6.54 Å². The molecule has 0 amide bonds. The molecule has 16 heavy (non-hydrogen) atoms. The zero-order valence-corrected chi connectivity index (χ0v) is 11.0. The van der Waals surface area contributed by atoms with Crippen LogP contribution in [0, 0.1) is 17.2 Å². The highest BCUT2D eigenvalue weighted by molar-refractivity contribution is 7.90. The van der Waals surface area contributed by atoms with E-state index in [1.54, 1.807) is 13.0 Å². The van der Waals surface area contributed by atoms with Crippen molar-refractivity contribution >= 4 is 10.0 Å². The number of nitriles is 1. The van der Waals surface area contributed by atoms with E-state index in [1.165, 1.54) is 6.92 Å². The van der Waals surface area contributed by atoms with Crippen molar-refractivity contribution in [3.63, 3.8) is 0 Å². The largest absolute Gasteiger partial charge is 0.389 e. The van der Waals surface area contributed by atoms with Crippen molar-refractivity contribution < 1.29 is 13.5 Å². The van der Waals surface area contributed by atoms with Crippen molar-refractivity contribution in [3.8, 4) is 6.07 Å². The van der Waals surface area contributed by atoms with Gasteiger partial charge in [0.1, 0.15) is 0 Å². The van der Waals surface area contributed by atoms with Gasteiger partial charge in [-0.25, -0.2) is 13.1 Å². The Labute approximate surface area is 97.5 Å². The van der Waals surface area contributed by atoms with Crippen LogP contribution in [0.3, 0.4) is 0 Å². The van der Waals surface area contributed by atoms with Crippen molar-refractivity contribution in [1.29, 1.82) is 5.26 Å². The molecule has 0 bridgehead atoms. The molecule has 0 spiro atoms. The predicted octanol–water partition coefficient (Wildman–Crippen LogP) is 0.615. The summed E-state index contributed by atoms with van der Waals surface area (Å²) in [6.45, 7) is 6.70. The number of sulfonamides is 1. The Kier molecular flexibility index (Phi) is 5.39. The molecule has 0 fully saturated rings. The van der Waals surface area contributed by atoms with Crippen LogP contribution in [0.1, 0.15) is 34.1 Å². The fraction of sp³-hybridized carbons (Fsp3) is 0.900. The molecule has 5 nitrogen and oxygen atoms in total. The molecular weight excluding hydrogens is 228 g/mol. The third-order valence-electron chi connectivity index (χ3n) is 2.15. The highest BCUT2D eigenvalue weighted by atomic mass is 32.2. The Balaban J connectivity index is 4.41. The first-order valence-electron chi connectivity index (χ1n) is 5.21. The molecule has 0 aliphatic carbocycles. The monoisotopic (exact) mass is 248 g/mol. The molecule has 0 aromatic rings. The number of hydrogen-bond acceptors (Lipinski definition) is 4. The maximum atomic E-state index is 11.4. The van der Waals surface area contributed by atoms with Crippen molar-refractivity contribution in [1.82, 2.24) is 4.72 Å². The summed E-state index contributed by atoms with van der Waals surface area (Å²) < 4.78 is 25.2. The van der Waals surface area contributed by atoms with Gasteiger partial charge < -0.3 is 5.11 Å². The molecule has 2 unspecified atom stereocenters. The zero-order valence-electron chi connectivity index (χ0n) is 10.2. The van der Waals surface area contributed by atoms with E-state index in [1.807, 2.05) is 13.8 Å². The summed E-state index contributed by atoms with van der Waals surface area (Å²) in [6.07, 6.45) is 0.496. The zero-order chi connectivity index (χ0) is 13.0. The van der Waals surface area contributed by atoms with Gasteiger partial charge in [-0.05, 0) is 26.2 Å². The molecule has 0 rings (SSSR count). The summed E-state index contributed by atoms with van der Waals surface area (Å²) in [7, 11) is -3.65. The Morgan fingerprint density at radius 1 is 1.44 bits per heavy atom. The number of hydrogen-bond donors (Lipinski definition) is 2. The summed E-state index contributed by atoms with van der Waals surface area (Å²) in [5.74, 6) is 0.271. The second kappa shape index (κ2) is 5.62. The number of nitrogens with zero attached hydrogens (tertiary/aromatic N) is 1. The minimum absolute atomic E-state index is 0.0699. The molecule has 6 heteroatoms. The highest BCUT2D eigenvalue weighted by Gasteiger charge is 2.27. The van der Waals surface area contributed by atoms with Crippen LogP contribution in [0.5, 0.6) is 0 Å². The lowest BCUT2D eigenvalue weighted by Crippen LogP contribution is -2.43. The number of nitrogens with one attached hydrogen (secondary N) is 1. The van der Waals surface area contributed by atoms with Crippen molar-refractivity contribution in [2.45, 2.75) is 45.0 Å². The molecule has 0 aliphatic heterocycles. The van der Waals surface area contributed by atoms with Gasteiger partial charge in [-0.2, -0.15) is 5.26 Å². The van der Waals surface area contributed by atoms with Crippen LogP contribution < -0.4 is 4.72 Å². The van der Waals surface area contributed by atoms with Gasteiger partial charge in [0.15, 0.2) is 5.25 Å². The third-order valence-corrected chi connectivity index (χ3v) is 3.73. The van der Waals surface area contributed by atoms with Crippen LogP contribution in [0.4, 0.5) is 0 Å². The van der Waals surface area contributed by atoms with E-state index in [9.17, 15) is 13.5 Å². The second-order valence-electron chi connectivity index (χ2n) is 4.73. The summed E-state index contributed by atoms with van der Waals surface area (Å²) >= 11 is 0. The average molecular weight is 248 g/mol. The van der Waals surface area contributed by atoms with Gasteiger partial charge in [-0.3, -0.25) is 0 Å². The first-order valence-corrected chi connectivity index (χ1v) is 6.76. The third kappa shape index (κ3) is 5.45. The SMILES string of the molecule is CC(C)CC(C)(O)CNS(=O)(=O)C(C)C#N. The normalized spacial score (nSPS) is 17.8. The minimum atomic E-state index is -3.65. The van der Waals surface area contributed by atoms with E-state index in [0.717, 1.165) is 0 Å². The molecule has 94 valence electrons. The van der Waals surface area contributed by atoms with E-state index in [4.69, 9.17) is 5.26 Å². The number of rotatable bonds is 6. The van der Waals surface area contributed by atoms with E-state index in [2.05, 4.69) is 4.72 Å². The number of aliphatic hydroxyl groups is 1. The van der Waals surface area contributed by atoms with Crippen LogP contribution in [-0.4, -0.2) is 30.9 Å². The topological polar surface area (TPSA) is 90.2 Å². The lowest BCUT2D eigenvalue weighted by molar-refractivity contribution is 0.0436. The van der Waals surface area contributed by atoms with Gasteiger partial charge in [0.2, 0.25) is 10.0 Å². The molecule has 0 saturated carbocycles. The Hall–Kier alpha value is -0.640. The second-order valence-corrected chi connectivity index (χ2v) is 6.82. The molecule has 0 saturated heterocycles. The quantitative estimate of drug-likeness (QED) is 0.720. The summed E-state index contributed by atoms with van der Waals surface area (Å²) in [6, 6.07) is 1.65. The van der Waals surface area contributed by atoms with Crippen LogP contribution in [0.15, 0.2) is 0 Å². The van der Waals surface area contributed by atoms with E-state index in [0.29, 0.717) is 6.42 Å². The molecule has 0 heterocycles. The van der Waals surface area contributed by atoms with Crippen molar-refractivity contribution in [3.05, 3.63) is 0 Å². The molecular formula is C10H20N2O3S. The standard InChI is InChI=1S/C10H20N2O3S/c1-8(2)5-10(4,13)7-12-16(14,15)9(3)6-11/h8-9,12-13H,5,7H2,1-4H3. The van der Waals surface area contributed by atoms with Crippen LogP contribution in [0.25, 0.3) is 0 Å². The fourth-order valence-electron chi connectivity index (χ4n) is 1.40. The van der Waals surface area contributed by atoms with Gasteiger partial charge >= 0.3 is 0 Å². The maximum Gasteiger partial charge on any atom is 0.227 e. The summed E-state index contributed by atoms with van der Waals surface area (Å²) in [5, 5.41) is 17.3. The Morgan fingerprint density at radius 3 is 2.31 bits per heavy atom. The lowest BCUT2D eigenvalue weighted by atomic mass is 9.95. The molecule has 2 N–H and O–H groups in total. The first kappa shape index (κ1) is 15.4. The van der Waals surface area contributed by atoms with E-state index < -0.39 is 20.9 Å². The van der Waals surface area contributed by atoms with Gasteiger partial charge in [0.25, 0.3) is 0 Å². The van der Waals surface area contributed by atoms with E-state index in [-0.39, 0.29) is 12.5 Å². The smallest absolute Gasteiger partial charge is 0.227 e. The maximum absolute atomic E-state index is 11.4. The van der Waals surface area contributed by atoms with E-state index >= 15 is 0 Å². The van der Waals surface area contributed by atoms with Gasteiger partial charge in [-0.1, -0.05) is 13.8 Å². The molecule has 0 aliphatic rings. The Bertz CT molecular complexity index is 355. The van der Waals surface area contributed by atoms with Crippen LogP contribution in [-0.2, 0) is 10.0 Å². The molecule has 0 aromatic heterocycles. The highest BCUT2D eigenvalue weighted by Crippen LogP contribution is 2.15. The first-order chi connectivity index (χ1) is 7.10. The van der Waals surface area contributed by atoms with Crippen molar-refractivity contribution in [2.24, 2.45) is 5.92 Å². The minimum Gasteiger partial charge on any atom is -0.389 e. The van der Waals surface area contributed by atoms with Crippen LogP contribution in [0.2, 0.25) is 0 Å².